The third-order valence-electron chi connectivity index (χ3n) is 2.70. The van der Waals surface area contributed by atoms with Crippen LogP contribution in [-0.2, 0) is 4.79 Å². The number of likely N-dealkylation sites (N-methyl/N-ethyl adjacent to an activating group) is 1. The largest absolute Gasteiger partial charge is 0.370 e. The molecule has 1 aromatic rings. The van der Waals surface area contributed by atoms with Crippen LogP contribution in [0.4, 0.5) is 17.3 Å². The van der Waals surface area contributed by atoms with E-state index in [1.165, 1.54) is 12.1 Å². The molecule has 110 valence electrons. The summed E-state index contributed by atoms with van der Waals surface area (Å²) >= 11 is 0. The van der Waals surface area contributed by atoms with Gasteiger partial charge in [-0.05, 0) is 13.8 Å². The van der Waals surface area contributed by atoms with Crippen molar-refractivity contribution < 1.29 is 9.72 Å². The number of hydrogen-bond acceptors (Lipinski definition) is 6. The van der Waals surface area contributed by atoms with Gasteiger partial charge in [0.15, 0.2) is 0 Å². The maximum Gasteiger partial charge on any atom is 0.276 e. The van der Waals surface area contributed by atoms with E-state index in [0.29, 0.717) is 24.7 Å². The molecule has 1 amide bonds. The molecule has 0 fully saturated rings. The van der Waals surface area contributed by atoms with Crippen LogP contribution in [0.3, 0.4) is 0 Å². The Morgan fingerprint density at radius 2 is 1.95 bits per heavy atom. The second kappa shape index (κ2) is 7.27. The maximum absolute atomic E-state index is 11.7. The highest BCUT2D eigenvalue weighted by atomic mass is 16.6. The van der Waals surface area contributed by atoms with Gasteiger partial charge in [0.25, 0.3) is 5.69 Å². The molecule has 0 unspecified atom stereocenters. The minimum atomic E-state index is -0.492. The van der Waals surface area contributed by atoms with Gasteiger partial charge in [0.1, 0.15) is 11.6 Å². The van der Waals surface area contributed by atoms with Gasteiger partial charge in [0.05, 0.1) is 23.6 Å². The first-order chi connectivity index (χ1) is 9.47. The van der Waals surface area contributed by atoms with E-state index >= 15 is 0 Å². The van der Waals surface area contributed by atoms with Crippen LogP contribution in [0.1, 0.15) is 13.8 Å². The predicted octanol–water partition coefficient (Wildman–Crippen LogP) is 1.31. The molecule has 1 heterocycles. The van der Waals surface area contributed by atoms with Gasteiger partial charge in [-0.2, -0.15) is 0 Å². The lowest BCUT2D eigenvalue weighted by Crippen LogP contribution is -2.32. The first-order valence-electron chi connectivity index (χ1n) is 6.36. The van der Waals surface area contributed by atoms with Crippen LogP contribution in [0.5, 0.6) is 0 Å². The number of amides is 1. The Morgan fingerprint density at radius 3 is 2.45 bits per heavy atom. The minimum Gasteiger partial charge on any atom is -0.370 e. The fourth-order valence-corrected chi connectivity index (χ4v) is 1.46. The molecule has 0 radical (unpaired) electrons. The molecule has 0 aliphatic carbocycles. The topological polar surface area (TPSA) is 100 Å². The normalized spacial score (nSPS) is 9.95. The summed E-state index contributed by atoms with van der Waals surface area (Å²) in [6.45, 7) is 4.99. The molecule has 0 atom stereocenters. The first kappa shape index (κ1) is 15.7. The minimum absolute atomic E-state index is 0.0457. The zero-order valence-electron chi connectivity index (χ0n) is 11.8. The molecule has 0 spiro atoms. The van der Waals surface area contributed by atoms with Gasteiger partial charge < -0.3 is 15.5 Å². The molecule has 8 nitrogen and oxygen atoms in total. The highest BCUT2D eigenvalue weighted by molar-refractivity contribution is 5.80. The van der Waals surface area contributed by atoms with Crippen molar-refractivity contribution in [1.29, 1.82) is 0 Å². The number of nitrogens with zero attached hydrogens (tertiary/aromatic N) is 3. The lowest BCUT2D eigenvalue weighted by Gasteiger charge is -2.15. The summed E-state index contributed by atoms with van der Waals surface area (Å²) in [6.07, 6.45) is 0. The van der Waals surface area contributed by atoms with Crippen LogP contribution < -0.4 is 10.6 Å². The van der Waals surface area contributed by atoms with E-state index in [-0.39, 0.29) is 18.1 Å². The van der Waals surface area contributed by atoms with Gasteiger partial charge in [0, 0.05) is 20.1 Å². The third kappa shape index (κ3) is 4.38. The molecule has 20 heavy (non-hydrogen) atoms. The van der Waals surface area contributed by atoms with E-state index < -0.39 is 4.92 Å². The standard InChI is InChI=1S/C12H19N5O3/c1-4-13-10-6-9(17(19)20)7-11(15-10)14-8-12(18)16(3)5-2/h6-7H,4-5,8H2,1-3H3,(H2,13,14,15). The Kier molecular flexibility index (Phi) is 5.70. The van der Waals surface area contributed by atoms with Crippen molar-refractivity contribution in [3.05, 3.63) is 22.2 Å². The van der Waals surface area contributed by atoms with Crippen LogP contribution >= 0.6 is 0 Å². The van der Waals surface area contributed by atoms with Gasteiger partial charge >= 0.3 is 0 Å². The number of nitro groups is 1. The molecular formula is C12H19N5O3. The summed E-state index contributed by atoms with van der Waals surface area (Å²) < 4.78 is 0. The van der Waals surface area contributed by atoms with E-state index in [2.05, 4.69) is 15.6 Å². The second-order valence-electron chi connectivity index (χ2n) is 4.14. The monoisotopic (exact) mass is 281 g/mol. The van der Waals surface area contributed by atoms with Crippen molar-refractivity contribution in [3.8, 4) is 0 Å². The number of carbonyl (C=O) groups is 1. The average Bonchev–Trinajstić information content (AvgIpc) is 2.43. The predicted molar refractivity (Wildman–Crippen MR) is 76.9 cm³/mol. The Bertz CT molecular complexity index is 492. The van der Waals surface area contributed by atoms with Crippen molar-refractivity contribution in [2.24, 2.45) is 0 Å². The lowest BCUT2D eigenvalue weighted by atomic mass is 10.3. The van der Waals surface area contributed by atoms with Crippen molar-refractivity contribution in [1.82, 2.24) is 9.88 Å². The molecular weight excluding hydrogens is 262 g/mol. The Morgan fingerprint density at radius 1 is 1.35 bits per heavy atom. The summed E-state index contributed by atoms with van der Waals surface area (Å²) in [6, 6.07) is 2.66. The zero-order valence-corrected chi connectivity index (χ0v) is 11.8. The van der Waals surface area contributed by atoms with E-state index in [0.717, 1.165) is 0 Å². The van der Waals surface area contributed by atoms with Gasteiger partial charge in [-0.3, -0.25) is 14.9 Å². The highest BCUT2D eigenvalue weighted by Gasteiger charge is 2.12. The number of nitrogens with one attached hydrogen (secondary N) is 2. The number of aromatic nitrogens is 1. The van der Waals surface area contributed by atoms with Crippen LogP contribution in [0, 0.1) is 10.1 Å². The fraction of sp³-hybridized carbons (Fsp3) is 0.500. The summed E-state index contributed by atoms with van der Waals surface area (Å²) in [5.41, 5.74) is -0.0743. The quantitative estimate of drug-likeness (QED) is 0.577. The van der Waals surface area contributed by atoms with E-state index in [9.17, 15) is 14.9 Å². The number of carbonyl (C=O) groups excluding carboxylic acids is 1. The molecule has 1 aromatic heterocycles. The first-order valence-corrected chi connectivity index (χ1v) is 6.36. The number of pyridine rings is 1. The molecule has 0 bridgehead atoms. The summed E-state index contributed by atoms with van der Waals surface area (Å²) in [4.78, 5) is 27.7. The lowest BCUT2D eigenvalue weighted by molar-refractivity contribution is -0.384. The smallest absolute Gasteiger partial charge is 0.276 e. The number of anilines is 2. The molecule has 0 aromatic carbocycles. The summed E-state index contributed by atoms with van der Waals surface area (Å²) in [5, 5.41) is 16.6. The van der Waals surface area contributed by atoms with Crippen molar-refractivity contribution in [3.63, 3.8) is 0 Å². The second-order valence-corrected chi connectivity index (χ2v) is 4.14. The van der Waals surface area contributed by atoms with Gasteiger partial charge in [-0.1, -0.05) is 0 Å². The Labute approximate surface area is 117 Å². The molecule has 0 saturated carbocycles. The van der Waals surface area contributed by atoms with Crippen LogP contribution in [-0.4, -0.2) is 47.4 Å². The molecule has 8 heteroatoms. The van der Waals surface area contributed by atoms with Crippen LogP contribution in [0.25, 0.3) is 0 Å². The molecule has 0 aliphatic rings. The third-order valence-corrected chi connectivity index (χ3v) is 2.70. The molecule has 0 aliphatic heterocycles. The van der Waals surface area contributed by atoms with Crippen LogP contribution in [0.15, 0.2) is 12.1 Å². The summed E-state index contributed by atoms with van der Waals surface area (Å²) in [7, 11) is 1.69. The molecule has 2 N–H and O–H groups in total. The number of rotatable bonds is 7. The highest BCUT2D eigenvalue weighted by Crippen LogP contribution is 2.20. The SMILES string of the molecule is CCNc1cc([N+](=O)[O-])cc(NCC(=O)N(C)CC)n1. The fourth-order valence-electron chi connectivity index (χ4n) is 1.46. The number of hydrogen-bond donors (Lipinski definition) is 2. The van der Waals surface area contributed by atoms with Crippen LogP contribution in [0.2, 0.25) is 0 Å². The van der Waals surface area contributed by atoms with Gasteiger partial charge in [-0.25, -0.2) is 4.98 Å². The van der Waals surface area contributed by atoms with Crippen molar-refractivity contribution in [2.45, 2.75) is 13.8 Å². The van der Waals surface area contributed by atoms with Crippen molar-refractivity contribution in [2.75, 3.05) is 37.3 Å². The Hall–Kier alpha value is -2.38. The van der Waals surface area contributed by atoms with Gasteiger partial charge in [0.2, 0.25) is 5.91 Å². The summed E-state index contributed by atoms with van der Waals surface area (Å²) in [5.74, 6) is 0.597. The van der Waals surface area contributed by atoms with E-state index in [1.54, 1.807) is 11.9 Å². The van der Waals surface area contributed by atoms with E-state index in [1.807, 2.05) is 13.8 Å². The average molecular weight is 281 g/mol. The van der Waals surface area contributed by atoms with Crippen molar-refractivity contribution >= 4 is 23.2 Å². The molecule has 0 saturated heterocycles. The zero-order chi connectivity index (χ0) is 15.1. The van der Waals surface area contributed by atoms with Gasteiger partial charge in [-0.15, -0.1) is 0 Å². The van der Waals surface area contributed by atoms with E-state index in [4.69, 9.17) is 0 Å². The maximum atomic E-state index is 11.7. The Balaban J connectivity index is 2.83. The molecule has 1 rings (SSSR count).